The van der Waals surface area contributed by atoms with Gasteiger partial charge < -0.3 is 20.3 Å². The second-order valence-corrected chi connectivity index (χ2v) is 9.17. The van der Waals surface area contributed by atoms with Crippen LogP contribution in [0.2, 0.25) is 0 Å². The van der Waals surface area contributed by atoms with E-state index < -0.39 is 5.92 Å². The molecule has 0 unspecified atom stereocenters. The van der Waals surface area contributed by atoms with E-state index in [9.17, 15) is 10.4 Å². The van der Waals surface area contributed by atoms with Gasteiger partial charge in [0.15, 0.2) is 11.5 Å². The summed E-state index contributed by atoms with van der Waals surface area (Å²) in [5.41, 5.74) is 9.57. The quantitative estimate of drug-likeness (QED) is 0.485. The monoisotopic (exact) mass is 486 g/mol. The molecule has 154 valence electrons. The molecule has 0 fully saturated rings. The van der Waals surface area contributed by atoms with Crippen LogP contribution in [-0.2, 0) is 0 Å². The third-order valence-electron chi connectivity index (χ3n) is 4.93. The van der Waals surface area contributed by atoms with Crippen LogP contribution in [0, 0.1) is 25.2 Å². The molecule has 2 aromatic heterocycles. The van der Waals surface area contributed by atoms with E-state index in [4.69, 9.17) is 15.2 Å². The first-order valence-electron chi connectivity index (χ1n) is 9.24. The summed E-state index contributed by atoms with van der Waals surface area (Å²) in [6.07, 6.45) is 0. The fraction of sp³-hybridized carbons (Fsp3) is 0.238. The highest BCUT2D eigenvalue weighted by atomic mass is 79.9. The molecule has 4 rings (SSSR count). The highest BCUT2D eigenvalue weighted by Gasteiger charge is 2.36. The number of fused-ring (bicyclic) bond motifs is 1. The minimum atomic E-state index is -0.539. The lowest BCUT2D eigenvalue weighted by Gasteiger charge is -2.25. The number of halogens is 1. The molecule has 1 aliphatic heterocycles. The molecule has 1 atom stereocenters. The standard InChI is InChI=1S/C21H19BrN4O3S/c1-4-28-15-7-11(6-14(22)19(15)27)16-13(8-23)20(24)29-21-17(16)18(25-26-21)12-5-9(2)30-10(12)3/h5-7,16,27H,4,24H2,1-3H3,(H,25,26)/t16-/m1/s1. The molecule has 7 nitrogen and oxygen atoms in total. The Morgan fingerprint density at radius 2 is 2.17 bits per heavy atom. The van der Waals surface area contributed by atoms with Gasteiger partial charge in [-0.05, 0) is 60.5 Å². The van der Waals surface area contributed by atoms with E-state index >= 15 is 0 Å². The van der Waals surface area contributed by atoms with Gasteiger partial charge in [-0.15, -0.1) is 16.4 Å². The van der Waals surface area contributed by atoms with Crippen LogP contribution in [0.1, 0.15) is 33.7 Å². The Morgan fingerprint density at radius 1 is 1.40 bits per heavy atom. The molecule has 30 heavy (non-hydrogen) atoms. The summed E-state index contributed by atoms with van der Waals surface area (Å²) < 4.78 is 11.7. The van der Waals surface area contributed by atoms with Gasteiger partial charge in [0.1, 0.15) is 11.6 Å². The van der Waals surface area contributed by atoms with E-state index in [-0.39, 0.29) is 17.2 Å². The van der Waals surface area contributed by atoms with E-state index in [1.807, 2.05) is 20.8 Å². The predicted molar refractivity (Wildman–Crippen MR) is 118 cm³/mol. The maximum Gasteiger partial charge on any atom is 0.244 e. The number of thiophene rings is 1. The largest absolute Gasteiger partial charge is 0.503 e. The number of benzene rings is 1. The highest BCUT2D eigenvalue weighted by Crippen LogP contribution is 2.49. The molecule has 9 heteroatoms. The Morgan fingerprint density at radius 3 is 2.80 bits per heavy atom. The van der Waals surface area contributed by atoms with E-state index in [2.05, 4.69) is 38.3 Å². The van der Waals surface area contributed by atoms with Crippen molar-refractivity contribution in [2.24, 2.45) is 5.73 Å². The fourth-order valence-corrected chi connectivity index (χ4v) is 5.08. The van der Waals surface area contributed by atoms with Crippen molar-refractivity contribution in [2.45, 2.75) is 26.7 Å². The zero-order valence-corrected chi connectivity index (χ0v) is 18.9. The SMILES string of the molecule is CCOc1cc([C@@H]2C(C#N)=C(N)Oc3n[nH]c(-c4cc(C)sc4C)c32)cc(Br)c1O. The minimum absolute atomic E-state index is 0.0000583. The Bertz CT molecular complexity index is 1220. The number of aromatic amines is 1. The number of aryl methyl sites for hydroxylation is 2. The first-order valence-corrected chi connectivity index (χ1v) is 10.8. The number of rotatable bonds is 4. The van der Waals surface area contributed by atoms with Crippen molar-refractivity contribution in [1.82, 2.24) is 10.2 Å². The van der Waals surface area contributed by atoms with Crippen molar-refractivity contribution >= 4 is 27.3 Å². The zero-order chi connectivity index (χ0) is 21.6. The van der Waals surface area contributed by atoms with Gasteiger partial charge in [0.05, 0.1) is 28.3 Å². The third-order valence-corrected chi connectivity index (χ3v) is 6.50. The number of ether oxygens (including phenoxy) is 2. The Kier molecular flexibility index (Phi) is 5.22. The van der Waals surface area contributed by atoms with Gasteiger partial charge in [0.25, 0.3) is 0 Å². The number of aromatic hydroxyl groups is 1. The average molecular weight is 487 g/mol. The maximum atomic E-state index is 10.3. The van der Waals surface area contributed by atoms with Crippen molar-refractivity contribution < 1.29 is 14.6 Å². The number of hydrogen-bond acceptors (Lipinski definition) is 7. The molecule has 0 saturated carbocycles. The predicted octanol–water partition coefficient (Wildman–Crippen LogP) is 4.84. The summed E-state index contributed by atoms with van der Waals surface area (Å²) in [5.74, 6) is 0.118. The first-order chi connectivity index (χ1) is 14.3. The molecule has 3 heterocycles. The fourth-order valence-electron chi connectivity index (χ4n) is 3.69. The summed E-state index contributed by atoms with van der Waals surface area (Å²) in [7, 11) is 0. The number of aromatic nitrogens is 2. The lowest BCUT2D eigenvalue weighted by Crippen LogP contribution is -2.21. The van der Waals surface area contributed by atoms with Gasteiger partial charge in [-0.2, -0.15) is 5.26 Å². The number of nitrogens with two attached hydrogens (primary N) is 1. The first kappa shape index (κ1) is 20.3. The lowest BCUT2D eigenvalue weighted by atomic mass is 9.83. The average Bonchev–Trinajstić information content (AvgIpc) is 3.26. The van der Waals surface area contributed by atoms with E-state index in [0.29, 0.717) is 22.7 Å². The molecule has 0 bridgehead atoms. The van der Waals surface area contributed by atoms with E-state index in [1.165, 1.54) is 4.88 Å². The second kappa shape index (κ2) is 7.70. The Balaban J connectivity index is 1.98. The summed E-state index contributed by atoms with van der Waals surface area (Å²) >= 11 is 5.07. The van der Waals surface area contributed by atoms with Crippen molar-refractivity contribution in [3.8, 4) is 34.7 Å². The minimum Gasteiger partial charge on any atom is -0.503 e. The molecule has 0 spiro atoms. The van der Waals surface area contributed by atoms with Gasteiger partial charge >= 0.3 is 0 Å². The van der Waals surface area contributed by atoms with Gasteiger partial charge in [0.2, 0.25) is 11.8 Å². The summed E-state index contributed by atoms with van der Waals surface area (Å²) in [6, 6.07) is 7.74. The third kappa shape index (κ3) is 3.22. The number of allylic oxidation sites excluding steroid dienone is 1. The number of nitrogens with zero attached hydrogens (tertiary/aromatic N) is 2. The Labute approximate surface area is 185 Å². The Hall–Kier alpha value is -2.96. The van der Waals surface area contributed by atoms with Crippen molar-refractivity contribution in [3.05, 3.63) is 55.0 Å². The number of hydrogen-bond donors (Lipinski definition) is 3. The van der Waals surface area contributed by atoms with Crippen LogP contribution in [0.4, 0.5) is 0 Å². The van der Waals surface area contributed by atoms with Crippen LogP contribution < -0.4 is 15.2 Å². The molecule has 0 radical (unpaired) electrons. The smallest absolute Gasteiger partial charge is 0.244 e. The summed E-state index contributed by atoms with van der Waals surface area (Å²) in [4.78, 5) is 2.29. The topological polar surface area (TPSA) is 117 Å². The molecule has 0 saturated heterocycles. The van der Waals surface area contributed by atoms with Gasteiger partial charge in [-0.25, -0.2) is 0 Å². The number of nitrogens with one attached hydrogen (secondary N) is 1. The number of phenolic OH excluding ortho intramolecular Hbond substituents is 1. The summed E-state index contributed by atoms with van der Waals surface area (Å²) in [5, 5.41) is 27.6. The molecule has 1 aliphatic rings. The summed E-state index contributed by atoms with van der Waals surface area (Å²) in [6.45, 7) is 6.30. The molecule has 3 aromatic rings. The molecule has 4 N–H and O–H groups in total. The van der Waals surface area contributed by atoms with Gasteiger partial charge in [0, 0.05) is 15.3 Å². The van der Waals surface area contributed by atoms with Crippen molar-refractivity contribution in [2.75, 3.05) is 6.61 Å². The molecule has 1 aromatic carbocycles. The van der Waals surface area contributed by atoms with Crippen LogP contribution in [0.25, 0.3) is 11.3 Å². The molecular formula is C21H19BrN4O3S. The zero-order valence-electron chi connectivity index (χ0n) is 16.5. The van der Waals surface area contributed by atoms with Crippen LogP contribution >= 0.6 is 27.3 Å². The number of H-pyrrole nitrogens is 1. The second-order valence-electron chi connectivity index (χ2n) is 6.85. The normalized spacial score (nSPS) is 15.5. The van der Waals surface area contributed by atoms with Crippen molar-refractivity contribution in [1.29, 1.82) is 5.26 Å². The molecule has 0 amide bonds. The van der Waals surface area contributed by atoms with Gasteiger partial charge in [-0.3, -0.25) is 5.10 Å². The van der Waals surface area contributed by atoms with E-state index in [1.54, 1.807) is 23.5 Å². The number of nitriles is 1. The van der Waals surface area contributed by atoms with Crippen LogP contribution in [-0.4, -0.2) is 21.9 Å². The molecular weight excluding hydrogens is 468 g/mol. The number of phenols is 1. The van der Waals surface area contributed by atoms with Crippen LogP contribution in [0.5, 0.6) is 17.4 Å². The molecule has 0 aliphatic carbocycles. The lowest BCUT2D eigenvalue weighted by molar-refractivity contribution is 0.316. The van der Waals surface area contributed by atoms with E-state index in [0.717, 1.165) is 27.3 Å². The van der Waals surface area contributed by atoms with Crippen LogP contribution in [0.15, 0.2) is 34.1 Å². The van der Waals surface area contributed by atoms with Crippen LogP contribution in [0.3, 0.4) is 0 Å². The maximum absolute atomic E-state index is 10.3. The van der Waals surface area contributed by atoms with Gasteiger partial charge in [-0.1, -0.05) is 0 Å². The highest BCUT2D eigenvalue weighted by molar-refractivity contribution is 9.10. The van der Waals surface area contributed by atoms with Crippen molar-refractivity contribution in [3.63, 3.8) is 0 Å².